The van der Waals surface area contributed by atoms with E-state index in [4.69, 9.17) is 21.1 Å². The summed E-state index contributed by atoms with van der Waals surface area (Å²) in [6.07, 6.45) is 0. The molecule has 0 fully saturated rings. The zero-order valence-corrected chi connectivity index (χ0v) is 8.38. The van der Waals surface area contributed by atoms with E-state index in [0.717, 1.165) is 0 Å². The van der Waals surface area contributed by atoms with E-state index in [0.29, 0.717) is 11.5 Å². The minimum absolute atomic E-state index is 0.145. The van der Waals surface area contributed by atoms with Gasteiger partial charge in [-0.3, -0.25) is 4.79 Å². The van der Waals surface area contributed by atoms with Gasteiger partial charge >= 0.3 is 0 Å². The van der Waals surface area contributed by atoms with Crippen LogP contribution in [-0.2, 0) is 4.79 Å². The molecule has 74 valence electrons. The fourth-order valence-electron chi connectivity index (χ4n) is 1.24. The molecular formula is C10H9ClO3. The summed E-state index contributed by atoms with van der Waals surface area (Å²) in [5, 5.41) is -0.549. The van der Waals surface area contributed by atoms with Crippen molar-refractivity contribution in [3.8, 4) is 11.5 Å². The first-order valence-corrected chi connectivity index (χ1v) is 4.60. The van der Waals surface area contributed by atoms with Gasteiger partial charge in [-0.1, -0.05) is 12.1 Å². The topological polar surface area (TPSA) is 35.5 Å². The second kappa shape index (κ2) is 3.17. The second-order valence-corrected chi connectivity index (χ2v) is 3.69. The van der Waals surface area contributed by atoms with Crippen LogP contribution in [-0.4, -0.2) is 17.5 Å². The van der Waals surface area contributed by atoms with Crippen LogP contribution in [0.15, 0.2) is 24.3 Å². The molecule has 0 bridgehead atoms. The molecule has 0 aromatic heterocycles. The zero-order valence-electron chi connectivity index (χ0n) is 7.62. The van der Waals surface area contributed by atoms with Gasteiger partial charge in [0, 0.05) is 0 Å². The lowest BCUT2D eigenvalue weighted by molar-refractivity contribution is -0.129. The van der Waals surface area contributed by atoms with Crippen molar-refractivity contribution in [2.75, 3.05) is 6.61 Å². The van der Waals surface area contributed by atoms with Crippen LogP contribution in [0.5, 0.6) is 11.5 Å². The van der Waals surface area contributed by atoms with Gasteiger partial charge in [-0.05, 0) is 30.7 Å². The maximum absolute atomic E-state index is 11.1. The van der Waals surface area contributed by atoms with Gasteiger partial charge < -0.3 is 9.47 Å². The van der Waals surface area contributed by atoms with Crippen molar-refractivity contribution in [1.29, 1.82) is 0 Å². The van der Waals surface area contributed by atoms with Crippen molar-refractivity contribution in [3.63, 3.8) is 0 Å². The van der Waals surface area contributed by atoms with E-state index in [-0.39, 0.29) is 6.61 Å². The lowest BCUT2D eigenvalue weighted by Gasteiger charge is -2.32. The molecule has 3 nitrogen and oxygen atoms in total. The average Bonchev–Trinajstić information content (AvgIpc) is 2.17. The summed E-state index contributed by atoms with van der Waals surface area (Å²) in [5.74, 6) is 1.19. The largest absolute Gasteiger partial charge is 0.485 e. The number of carbonyl (C=O) groups excluding carboxylic acids is 1. The Morgan fingerprint density at radius 3 is 2.71 bits per heavy atom. The highest BCUT2D eigenvalue weighted by atomic mass is 35.5. The van der Waals surface area contributed by atoms with E-state index in [2.05, 4.69) is 0 Å². The van der Waals surface area contributed by atoms with Crippen molar-refractivity contribution >= 4 is 16.8 Å². The van der Waals surface area contributed by atoms with Crippen LogP contribution < -0.4 is 9.47 Å². The van der Waals surface area contributed by atoms with Crippen LogP contribution in [0.3, 0.4) is 0 Å². The van der Waals surface area contributed by atoms with E-state index in [1.54, 1.807) is 19.1 Å². The molecule has 0 amide bonds. The summed E-state index contributed by atoms with van der Waals surface area (Å²) in [6.45, 7) is 1.75. The molecule has 0 saturated heterocycles. The van der Waals surface area contributed by atoms with Crippen molar-refractivity contribution in [2.24, 2.45) is 0 Å². The molecule has 1 aromatic rings. The van der Waals surface area contributed by atoms with Crippen LogP contribution in [0, 0.1) is 0 Å². The van der Waals surface area contributed by atoms with Gasteiger partial charge in [0.1, 0.15) is 6.61 Å². The SMILES string of the molecule is CC1(C(=O)Cl)COc2ccccc2O1. The number of carbonyl (C=O) groups is 1. The van der Waals surface area contributed by atoms with Crippen molar-refractivity contribution in [3.05, 3.63) is 24.3 Å². The molecule has 4 heteroatoms. The molecular weight excluding hydrogens is 204 g/mol. The zero-order chi connectivity index (χ0) is 10.2. The Balaban J connectivity index is 2.34. The molecule has 1 atom stereocenters. The molecule has 0 saturated carbocycles. The summed E-state index contributed by atoms with van der Waals surface area (Å²) in [4.78, 5) is 11.1. The van der Waals surface area contributed by atoms with Gasteiger partial charge in [0.05, 0.1) is 0 Å². The van der Waals surface area contributed by atoms with Crippen LogP contribution in [0.4, 0.5) is 0 Å². The van der Waals surface area contributed by atoms with E-state index in [9.17, 15) is 4.79 Å². The summed E-state index contributed by atoms with van der Waals surface area (Å²) in [7, 11) is 0. The van der Waals surface area contributed by atoms with E-state index >= 15 is 0 Å². The minimum atomic E-state index is -1.07. The third-order valence-corrected chi connectivity index (χ3v) is 2.50. The summed E-state index contributed by atoms with van der Waals surface area (Å²) < 4.78 is 10.8. The first-order valence-electron chi connectivity index (χ1n) is 4.23. The van der Waals surface area contributed by atoms with Gasteiger partial charge in [0.15, 0.2) is 11.5 Å². The predicted molar refractivity (Wildman–Crippen MR) is 51.8 cm³/mol. The lowest BCUT2D eigenvalue weighted by Crippen LogP contribution is -2.47. The Morgan fingerprint density at radius 2 is 2.07 bits per heavy atom. The van der Waals surface area contributed by atoms with Crippen LogP contribution in [0.1, 0.15) is 6.92 Å². The molecule has 1 aliphatic rings. The number of halogens is 1. The molecule has 1 aliphatic heterocycles. The standard InChI is InChI=1S/C10H9ClO3/c1-10(9(11)12)6-13-7-4-2-3-5-8(7)14-10/h2-5H,6H2,1H3. The number of hydrogen-bond donors (Lipinski definition) is 0. The van der Waals surface area contributed by atoms with Crippen LogP contribution >= 0.6 is 11.6 Å². The highest BCUT2D eigenvalue weighted by Crippen LogP contribution is 2.35. The van der Waals surface area contributed by atoms with Crippen LogP contribution in [0.25, 0.3) is 0 Å². The molecule has 0 spiro atoms. The fourth-order valence-corrected chi connectivity index (χ4v) is 1.33. The predicted octanol–water partition coefficient (Wildman–Crippen LogP) is 1.98. The third kappa shape index (κ3) is 1.44. The molecule has 0 N–H and O–H groups in total. The highest BCUT2D eigenvalue weighted by molar-refractivity contribution is 6.65. The molecule has 2 rings (SSSR count). The van der Waals surface area contributed by atoms with Gasteiger partial charge in [0.2, 0.25) is 5.60 Å². The molecule has 1 aromatic carbocycles. The van der Waals surface area contributed by atoms with Gasteiger partial charge in [-0.15, -0.1) is 0 Å². The molecule has 1 heterocycles. The number of ether oxygens (including phenoxy) is 2. The highest BCUT2D eigenvalue weighted by Gasteiger charge is 2.39. The lowest BCUT2D eigenvalue weighted by atomic mass is 10.1. The first kappa shape index (κ1) is 9.34. The molecule has 0 aliphatic carbocycles. The molecule has 0 radical (unpaired) electrons. The van der Waals surface area contributed by atoms with Crippen LogP contribution in [0.2, 0.25) is 0 Å². The Kier molecular flexibility index (Phi) is 2.11. The van der Waals surface area contributed by atoms with Crippen molar-refractivity contribution < 1.29 is 14.3 Å². The number of para-hydroxylation sites is 2. The number of rotatable bonds is 1. The van der Waals surface area contributed by atoms with Crippen molar-refractivity contribution in [2.45, 2.75) is 12.5 Å². The van der Waals surface area contributed by atoms with Crippen molar-refractivity contribution in [1.82, 2.24) is 0 Å². The Labute approximate surface area is 86.6 Å². The minimum Gasteiger partial charge on any atom is -0.485 e. The summed E-state index contributed by atoms with van der Waals surface area (Å²) in [5.41, 5.74) is -1.07. The second-order valence-electron chi connectivity index (χ2n) is 3.34. The Morgan fingerprint density at radius 1 is 1.43 bits per heavy atom. The van der Waals surface area contributed by atoms with Gasteiger partial charge in [-0.25, -0.2) is 0 Å². The maximum atomic E-state index is 11.1. The smallest absolute Gasteiger partial charge is 0.268 e. The fraction of sp³-hybridized carbons (Fsp3) is 0.300. The number of benzene rings is 1. The normalized spacial score (nSPS) is 24.4. The molecule has 14 heavy (non-hydrogen) atoms. The molecule has 1 unspecified atom stereocenters. The summed E-state index contributed by atoms with van der Waals surface area (Å²) >= 11 is 5.42. The van der Waals surface area contributed by atoms with E-state index < -0.39 is 10.8 Å². The summed E-state index contributed by atoms with van der Waals surface area (Å²) in [6, 6.07) is 7.18. The monoisotopic (exact) mass is 212 g/mol. The third-order valence-electron chi connectivity index (χ3n) is 2.10. The van der Waals surface area contributed by atoms with Gasteiger partial charge in [-0.2, -0.15) is 0 Å². The maximum Gasteiger partial charge on any atom is 0.268 e. The Hall–Kier alpha value is -1.22. The van der Waals surface area contributed by atoms with E-state index in [1.807, 2.05) is 12.1 Å². The average molecular weight is 213 g/mol. The quantitative estimate of drug-likeness (QED) is 0.668. The number of fused-ring (bicyclic) bond motifs is 1. The first-order chi connectivity index (χ1) is 6.62. The van der Waals surface area contributed by atoms with Gasteiger partial charge in [0.25, 0.3) is 5.24 Å². The van der Waals surface area contributed by atoms with E-state index in [1.165, 1.54) is 0 Å². The Bertz CT molecular complexity index is 377. The number of hydrogen-bond acceptors (Lipinski definition) is 3.